The summed E-state index contributed by atoms with van der Waals surface area (Å²) in [4.78, 5) is 24.2. The van der Waals surface area contributed by atoms with E-state index in [-0.39, 0.29) is 77.0 Å². The summed E-state index contributed by atoms with van der Waals surface area (Å²) in [6.45, 7) is 16.1. The van der Waals surface area contributed by atoms with Crippen LogP contribution in [-0.2, 0) is 19.0 Å². The van der Waals surface area contributed by atoms with Crippen LogP contribution in [0.1, 0.15) is 84.1 Å². The van der Waals surface area contributed by atoms with Crippen LogP contribution in [0, 0.1) is 17.8 Å². The summed E-state index contributed by atoms with van der Waals surface area (Å²) in [5.74, 6) is -0.401. The highest BCUT2D eigenvalue weighted by atomic mass is 16.7. The van der Waals surface area contributed by atoms with Crippen molar-refractivity contribution in [2.75, 3.05) is 79.0 Å². The molecule has 1 saturated carbocycles. The number of amides is 1. The Hall–Kier alpha value is -3.20. The van der Waals surface area contributed by atoms with Crippen molar-refractivity contribution >= 4 is 11.8 Å². The van der Waals surface area contributed by atoms with Crippen LogP contribution in [0.2, 0.25) is 0 Å². The van der Waals surface area contributed by atoms with Gasteiger partial charge < -0.3 is 43.8 Å². The maximum absolute atomic E-state index is 14.1. The number of fused-ring (bicyclic) bond motifs is 2. The normalized spacial score (nSPS) is 26.3. The molecule has 0 spiro atoms. The fourth-order valence-electron chi connectivity index (χ4n) is 8.43. The standard InChI is InChI=1S/C42H65N3O10/c1-6-23-53-42-37(45(40(49)51-7-2)19-24-50-26-22-48)29-35(43-55-41(3,4)5)33-27-30(12-8-10-20-46)32(13-9-11-21-47)38(39(33)42)34-28-31(14-15-36(34)54-42)52-25-18-44-16-17-44/h6,14-15,27-28,30,32,37-39,46-48H,1,7-13,16-26,29H2,2-5H3. The lowest BCUT2D eigenvalue weighted by Crippen LogP contribution is -2.70. The van der Waals surface area contributed by atoms with Gasteiger partial charge in [0.05, 0.1) is 44.7 Å². The second-order valence-electron chi connectivity index (χ2n) is 15.9. The van der Waals surface area contributed by atoms with Crippen LogP contribution in [0.15, 0.2) is 47.7 Å². The zero-order valence-electron chi connectivity index (χ0n) is 33.5. The Kier molecular flexibility index (Phi) is 15.8. The molecule has 0 radical (unpaired) electrons. The average molecular weight is 772 g/mol. The van der Waals surface area contributed by atoms with Crippen molar-refractivity contribution in [1.29, 1.82) is 0 Å². The smallest absolute Gasteiger partial charge is 0.410 e. The van der Waals surface area contributed by atoms with Gasteiger partial charge in [0.15, 0.2) is 0 Å². The number of aliphatic hydroxyl groups is 3. The fourth-order valence-corrected chi connectivity index (χ4v) is 8.43. The largest absolute Gasteiger partial charge is 0.492 e. The molecule has 2 aliphatic carbocycles. The van der Waals surface area contributed by atoms with Crippen LogP contribution >= 0.6 is 0 Å². The molecule has 1 aromatic rings. The number of benzene rings is 1. The molecule has 6 unspecified atom stereocenters. The molecule has 1 saturated heterocycles. The Labute approximate surface area is 327 Å². The highest BCUT2D eigenvalue weighted by Crippen LogP contribution is 2.62. The van der Waals surface area contributed by atoms with Crippen LogP contribution in [0.25, 0.3) is 0 Å². The van der Waals surface area contributed by atoms with Gasteiger partial charge in [0.2, 0.25) is 5.79 Å². The molecule has 2 heterocycles. The molecule has 0 aromatic heterocycles. The minimum atomic E-state index is -1.41. The zero-order chi connectivity index (χ0) is 39.4. The van der Waals surface area contributed by atoms with Crippen LogP contribution in [0.4, 0.5) is 4.79 Å². The summed E-state index contributed by atoms with van der Waals surface area (Å²) in [7, 11) is 0. The van der Waals surface area contributed by atoms with Gasteiger partial charge >= 0.3 is 6.09 Å². The highest BCUT2D eigenvalue weighted by molar-refractivity contribution is 6.03. The van der Waals surface area contributed by atoms with Crippen molar-refractivity contribution in [2.24, 2.45) is 22.9 Å². The maximum atomic E-state index is 14.1. The number of unbranched alkanes of at least 4 members (excludes halogenated alkanes) is 2. The van der Waals surface area contributed by atoms with E-state index in [1.165, 1.54) is 0 Å². The molecular formula is C42H65N3O10. The number of hydrogen-bond donors (Lipinski definition) is 3. The second kappa shape index (κ2) is 20.3. The fraction of sp³-hybridized carbons (Fsp3) is 0.714. The van der Waals surface area contributed by atoms with E-state index in [1.807, 2.05) is 32.9 Å². The molecular weight excluding hydrogens is 706 g/mol. The number of carbonyl (C=O) groups is 1. The minimum absolute atomic E-state index is 0.0913. The molecule has 2 aliphatic heterocycles. The number of ether oxygens (including phenoxy) is 5. The second-order valence-corrected chi connectivity index (χ2v) is 15.9. The summed E-state index contributed by atoms with van der Waals surface area (Å²) in [6, 6.07) is 5.28. The molecule has 1 amide bonds. The van der Waals surface area contributed by atoms with Gasteiger partial charge in [-0.05, 0) is 89.0 Å². The Morgan fingerprint density at radius 1 is 1.07 bits per heavy atom. The van der Waals surface area contributed by atoms with Crippen LogP contribution in [-0.4, -0.2) is 133 Å². The summed E-state index contributed by atoms with van der Waals surface area (Å²) >= 11 is 0. The van der Waals surface area contributed by atoms with E-state index in [9.17, 15) is 20.1 Å². The number of allylic oxidation sites excluding steroid dienone is 1. The Morgan fingerprint density at radius 3 is 2.51 bits per heavy atom. The van der Waals surface area contributed by atoms with Crippen molar-refractivity contribution in [2.45, 2.75) is 96.0 Å². The van der Waals surface area contributed by atoms with Crippen molar-refractivity contribution in [3.8, 4) is 11.5 Å². The highest BCUT2D eigenvalue weighted by Gasteiger charge is 2.65. The number of rotatable bonds is 23. The monoisotopic (exact) mass is 771 g/mol. The molecule has 6 atom stereocenters. The van der Waals surface area contributed by atoms with Gasteiger partial charge in [0, 0.05) is 57.3 Å². The van der Waals surface area contributed by atoms with E-state index in [1.54, 1.807) is 17.9 Å². The third-order valence-electron chi connectivity index (χ3n) is 10.9. The first-order chi connectivity index (χ1) is 26.6. The van der Waals surface area contributed by atoms with E-state index in [2.05, 4.69) is 23.6 Å². The number of aliphatic hydroxyl groups excluding tert-OH is 3. The molecule has 0 bridgehead atoms. The molecule has 5 rings (SSSR count). The predicted molar refractivity (Wildman–Crippen MR) is 209 cm³/mol. The van der Waals surface area contributed by atoms with E-state index >= 15 is 0 Å². The lowest BCUT2D eigenvalue weighted by molar-refractivity contribution is -0.256. The Bertz CT molecular complexity index is 1460. The van der Waals surface area contributed by atoms with E-state index < -0.39 is 29.4 Å². The van der Waals surface area contributed by atoms with Gasteiger partial charge in [0.25, 0.3) is 0 Å². The first-order valence-corrected chi connectivity index (χ1v) is 20.3. The predicted octanol–water partition coefficient (Wildman–Crippen LogP) is 5.28. The molecule has 55 heavy (non-hydrogen) atoms. The van der Waals surface area contributed by atoms with Crippen molar-refractivity contribution in [1.82, 2.24) is 9.80 Å². The lowest BCUT2D eigenvalue weighted by atomic mass is 9.55. The first-order valence-electron chi connectivity index (χ1n) is 20.3. The van der Waals surface area contributed by atoms with Gasteiger partial charge in [-0.1, -0.05) is 30.1 Å². The van der Waals surface area contributed by atoms with Gasteiger partial charge in [-0.3, -0.25) is 9.80 Å². The first kappa shape index (κ1) is 42.9. The van der Waals surface area contributed by atoms with Gasteiger partial charge in [-0.2, -0.15) is 0 Å². The minimum Gasteiger partial charge on any atom is -0.492 e. The SMILES string of the molecule is C=CCOC12Oc3ccc(OCCN4CC4)cc3C3C(CCCCO)C(CCCCO)C=C(C(=NOC(C)(C)C)CC1N(CCOCCO)C(=O)OCC)C32. The van der Waals surface area contributed by atoms with Crippen molar-refractivity contribution < 1.29 is 48.6 Å². The summed E-state index contributed by atoms with van der Waals surface area (Å²) in [6.07, 6.45) is 8.45. The Balaban J connectivity index is 1.74. The maximum Gasteiger partial charge on any atom is 0.410 e. The molecule has 13 heteroatoms. The average Bonchev–Trinajstić information content (AvgIpc) is 3.99. The number of oxime groups is 1. The van der Waals surface area contributed by atoms with Crippen molar-refractivity contribution in [3.63, 3.8) is 0 Å². The van der Waals surface area contributed by atoms with E-state index in [0.29, 0.717) is 30.9 Å². The number of hydrogen-bond acceptors (Lipinski definition) is 12. The molecule has 2 fully saturated rings. The van der Waals surface area contributed by atoms with Crippen LogP contribution in [0.5, 0.6) is 11.5 Å². The zero-order valence-corrected chi connectivity index (χ0v) is 33.5. The van der Waals surface area contributed by atoms with Gasteiger partial charge in [-0.15, -0.1) is 6.58 Å². The third-order valence-corrected chi connectivity index (χ3v) is 10.9. The van der Waals surface area contributed by atoms with E-state index in [0.717, 1.165) is 62.2 Å². The number of carbonyl (C=O) groups excluding carboxylic acids is 1. The van der Waals surface area contributed by atoms with Crippen LogP contribution < -0.4 is 9.47 Å². The summed E-state index contributed by atoms with van der Waals surface area (Å²) in [5, 5.41) is 34.0. The molecule has 3 N–H and O–H groups in total. The quantitative estimate of drug-likeness (QED) is 0.0577. The topological polar surface area (TPSA) is 152 Å². The number of nitrogens with zero attached hydrogens (tertiary/aromatic N) is 3. The lowest BCUT2D eigenvalue weighted by Gasteiger charge is -2.59. The van der Waals surface area contributed by atoms with Crippen molar-refractivity contribution in [3.05, 3.63) is 48.1 Å². The van der Waals surface area contributed by atoms with E-state index in [4.69, 9.17) is 33.7 Å². The van der Waals surface area contributed by atoms with Crippen LogP contribution in [0.3, 0.4) is 0 Å². The molecule has 1 aromatic carbocycles. The third kappa shape index (κ3) is 10.8. The molecule has 308 valence electrons. The Morgan fingerprint density at radius 2 is 1.84 bits per heavy atom. The molecule has 13 nitrogen and oxygen atoms in total. The summed E-state index contributed by atoms with van der Waals surface area (Å²) < 4.78 is 32.0. The van der Waals surface area contributed by atoms with Gasteiger partial charge in [0.1, 0.15) is 29.7 Å². The van der Waals surface area contributed by atoms with Gasteiger partial charge in [-0.25, -0.2) is 4.79 Å². The molecule has 4 aliphatic rings. The summed E-state index contributed by atoms with van der Waals surface area (Å²) in [5.41, 5.74) is 2.08.